The average Bonchev–Trinajstić information content (AvgIpc) is 2.99. The van der Waals surface area contributed by atoms with Crippen LogP contribution in [0.4, 0.5) is 0 Å². The number of amides is 1. The van der Waals surface area contributed by atoms with Crippen molar-refractivity contribution in [3.8, 4) is 0 Å². The molecule has 0 bridgehead atoms. The summed E-state index contributed by atoms with van der Waals surface area (Å²) < 4.78 is 49.0. The summed E-state index contributed by atoms with van der Waals surface area (Å²) in [6.45, 7) is 13.6. The summed E-state index contributed by atoms with van der Waals surface area (Å²) in [5.74, 6) is -0.00492. The summed E-state index contributed by atoms with van der Waals surface area (Å²) in [7, 11) is 0. The van der Waals surface area contributed by atoms with Crippen molar-refractivity contribution in [2.24, 2.45) is 0 Å². The van der Waals surface area contributed by atoms with Crippen LogP contribution in [0.5, 0.6) is 0 Å². The zero-order valence-corrected chi connectivity index (χ0v) is 25.9. The van der Waals surface area contributed by atoms with Crippen LogP contribution in [0.15, 0.2) is 30.3 Å². The first-order valence-corrected chi connectivity index (χ1v) is 15.2. The van der Waals surface area contributed by atoms with E-state index in [4.69, 9.17) is 42.6 Å². The molecule has 1 N–H and O–H groups in total. The van der Waals surface area contributed by atoms with Gasteiger partial charge in [0.15, 0.2) is 0 Å². The third-order valence-corrected chi connectivity index (χ3v) is 5.59. The van der Waals surface area contributed by atoms with Gasteiger partial charge in [0, 0.05) is 19.1 Å². The minimum atomic E-state index is -0.00492. The van der Waals surface area contributed by atoms with Crippen molar-refractivity contribution in [2.75, 3.05) is 119 Å². The second-order valence-electron chi connectivity index (χ2n) is 9.42. The highest BCUT2D eigenvalue weighted by molar-refractivity contribution is 5.76. The average molecular weight is 602 g/mol. The Bertz CT molecular complexity index is 698. The lowest BCUT2D eigenvalue weighted by atomic mass is 10.1. The molecule has 244 valence electrons. The lowest BCUT2D eigenvalue weighted by Crippen LogP contribution is -2.34. The Morgan fingerprint density at radius 1 is 0.548 bits per heavy atom. The lowest BCUT2D eigenvalue weighted by Gasteiger charge is -2.14. The molecule has 0 saturated carbocycles. The van der Waals surface area contributed by atoms with Crippen LogP contribution in [0, 0.1) is 0 Å². The molecule has 1 unspecified atom stereocenters. The summed E-state index contributed by atoms with van der Waals surface area (Å²) in [6.07, 6.45) is 2.17. The number of hydrogen-bond donors (Lipinski definition) is 1. The molecule has 0 aliphatic rings. The minimum absolute atomic E-state index is 0.00492. The van der Waals surface area contributed by atoms with Crippen LogP contribution >= 0.6 is 0 Å². The van der Waals surface area contributed by atoms with Crippen molar-refractivity contribution in [3.63, 3.8) is 0 Å². The number of ether oxygens (including phenoxy) is 9. The van der Waals surface area contributed by atoms with Gasteiger partial charge in [-0.3, -0.25) is 4.79 Å². The van der Waals surface area contributed by atoms with E-state index < -0.39 is 0 Å². The van der Waals surface area contributed by atoms with Crippen LogP contribution in [0.2, 0.25) is 0 Å². The van der Waals surface area contributed by atoms with E-state index in [0.717, 1.165) is 19.4 Å². The number of nitrogens with one attached hydrogen (secondary N) is 1. The summed E-state index contributed by atoms with van der Waals surface area (Å²) in [4.78, 5) is 12.0. The van der Waals surface area contributed by atoms with Crippen LogP contribution in [-0.2, 0) is 53.8 Å². The molecule has 11 heteroatoms. The highest BCUT2D eigenvalue weighted by Gasteiger charge is 2.08. The van der Waals surface area contributed by atoms with Gasteiger partial charge in [-0.25, -0.2) is 0 Å². The Kier molecular flexibility index (Phi) is 28.1. The molecule has 11 nitrogen and oxygen atoms in total. The van der Waals surface area contributed by atoms with E-state index in [9.17, 15) is 4.79 Å². The van der Waals surface area contributed by atoms with Crippen molar-refractivity contribution >= 4 is 5.91 Å². The number of carbonyl (C=O) groups excluding carboxylic acids is 1. The van der Waals surface area contributed by atoms with Crippen molar-refractivity contribution in [2.45, 2.75) is 39.2 Å². The van der Waals surface area contributed by atoms with Crippen LogP contribution in [0.25, 0.3) is 0 Å². The smallest absolute Gasteiger partial charge is 0.222 e. The zero-order chi connectivity index (χ0) is 30.2. The molecule has 1 aromatic carbocycles. The SMILES string of the molecule is CCCOCCOCCOCCOCCOCCOCCOCCOCCOCCC(=O)NC(C)Cc1ccccc1. The van der Waals surface area contributed by atoms with Gasteiger partial charge >= 0.3 is 0 Å². The van der Waals surface area contributed by atoms with Gasteiger partial charge in [-0.1, -0.05) is 37.3 Å². The molecule has 0 fully saturated rings. The predicted octanol–water partition coefficient (Wildman–Crippen LogP) is 2.68. The Morgan fingerprint density at radius 3 is 1.24 bits per heavy atom. The Hall–Kier alpha value is -1.67. The fourth-order valence-corrected chi connectivity index (χ4v) is 3.54. The highest BCUT2D eigenvalue weighted by Crippen LogP contribution is 2.03. The summed E-state index contributed by atoms with van der Waals surface area (Å²) in [5.41, 5.74) is 1.21. The standard InChI is InChI=1S/C31H55NO10/c1-3-10-34-12-14-36-16-18-38-20-22-40-24-26-42-27-25-41-23-21-39-19-17-37-15-13-35-11-9-31(33)32-29(2)28-30-7-5-4-6-8-30/h4-8,29H,3,9-28H2,1-2H3,(H,32,33). The molecule has 0 radical (unpaired) electrons. The molecule has 0 saturated heterocycles. The van der Waals surface area contributed by atoms with Gasteiger partial charge in [-0.15, -0.1) is 0 Å². The second kappa shape index (κ2) is 30.8. The van der Waals surface area contributed by atoms with Gasteiger partial charge in [0.25, 0.3) is 0 Å². The number of carbonyl (C=O) groups is 1. The first-order chi connectivity index (χ1) is 20.7. The molecule has 1 amide bonds. The van der Waals surface area contributed by atoms with Gasteiger partial charge in [0.05, 0.1) is 112 Å². The lowest BCUT2D eigenvalue weighted by molar-refractivity contribution is -0.122. The molecule has 1 atom stereocenters. The summed E-state index contributed by atoms with van der Waals surface area (Å²) in [5, 5.41) is 3.00. The predicted molar refractivity (Wildman–Crippen MR) is 160 cm³/mol. The molecule has 0 aliphatic carbocycles. The van der Waals surface area contributed by atoms with E-state index in [1.54, 1.807) is 0 Å². The quantitative estimate of drug-likeness (QED) is 0.124. The van der Waals surface area contributed by atoms with Crippen LogP contribution in [0.3, 0.4) is 0 Å². The van der Waals surface area contributed by atoms with E-state index in [0.29, 0.717) is 119 Å². The maximum atomic E-state index is 12.0. The van der Waals surface area contributed by atoms with E-state index >= 15 is 0 Å². The molecule has 1 aromatic rings. The van der Waals surface area contributed by atoms with E-state index in [1.807, 2.05) is 25.1 Å². The monoisotopic (exact) mass is 601 g/mol. The molecule has 0 spiro atoms. The normalized spacial score (nSPS) is 12.0. The first kappa shape index (κ1) is 38.4. The zero-order valence-electron chi connectivity index (χ0n) is 25.9. The van der Waals surface area contributed by atoms with E-state index in [1.165, 1.54) is 5.56 Å². The fraction of sp³-hybridized carbons (Fsp3) is 0.774. The van der Waals surface area contributed by atoms with Crippen LogP contribution in [0.1, 0.15) is 32.3 Å². The molecule has 0 aliphatic heterocycles. The third-order valence-electron chi connectivity index (χ3n) is 5.59. The van der Waals surface area contributed by atoms with Crippen LogP contribution in [-0.4, -0.2) is 131 Å². The van der Waals surface area contributed by atoms with Crippen LogP contribution < -0.4 is 5.32 Å². The summed E-state index contributed by atoms with van der Waals surface area (Å²) in [6, 6.07) is 10.2. The van der Waals surface area contributed by atoms with Gasteiger partial charge in [-0.05, 0) is 25.3 Å². The third kappa shape index (κ3) is 27.2. The molecular weight excluding hydrogens is 546 g/mol. The molecule has 0 heterocycles. The minimum Gasteiger partial charge on any atom is -0.379 e. The Morgan fingerprint density at radius 2 is 0.881 bits per heavy atom. The van der Waals surface area contributed by atoms with E-state index in [-0.39, 0.29) is 11.9 Å². The number of hydrogen-bond acceptors (Lipinski definition) is 10. The van der Waals surface area contributed by atoms with Gasteiger partial charge in [0.2, 0.25) is 5.91 Å². The largest absolute Gasteiger partial charge is 0.379 e. The molecule has 42 heavy (non-hydrogen) atoms. The molecule has 0 aromatic heterocycles. The van der Waals surface area contributed by atoms with Crippen molar-refractivity contribution in [3.05, 3.63) is 35.9 Å². The number of benzene rings is 1. The fourth-order valence-electron chi connectivity index (χ4n) is 3.54. The van der Waals surface area contributed by atoms with Crippen molar-refractivity contribution < 1.29 is 47.4 Å². The van der Waals surface area contributed by atoms with Crippen molar-refractivity contribution in [1.82, 2.24) is 5.32 Å². The first-order valence-electron chi connectivity index (χ1n) is 15.2. The Labute approximate surface area is 252 Å². The number of rotatable bonds is 32. The molecular formula is C31H55NO10. The maximum Gasteiger partial charge on any atom is 0.222 e. The molecule has 1 rings (SSSR count). The van der Waals surface area contributed by atoms with E-state index in [2.05, 4.69) is 24.4 Å². The summed E-state index contributed by atoms with van der Waals surface area (Å²) >= 11 is 0. The van der Waals surface area contributed by atoms with Gasteiger partial charge in [0.1, 0.15) is 0 Å². The topological polar surface area (TPSA) is 112 Å². The van der Waals surface area contributed by atoms with Gasteiger partial charge in [-0.2, -0.15) is 0 Å². The Balaban J connectivity index is 1.69. The second-order valence-corrected chi connectivity index (χ2v) is 9.42. The van der Waals surface area contributed by atoms with Gasteiger partial charge < -0.3 is 47.9 Å². The maximum absolute atomic E-state index is 12.0. The van der Waals surface area contributed by atoms with Crippen molar-refractivity contribution in [1.29, 1.82) is 0 Å². The highest BCUT2D eigenvalue weighted by atomic mass is 16.6.